The number of β-lactam (4-membered cyclic amide) rings is 1. The molecule has 0 aliphatic carbocycles. The second kappa shape index (κ2) is 10.5. The summed E-state index contributed by atoms with van der Waals surface area (Å²) in [5.41, 5.74) is 1.04. The number of carboxylic acids is 1. The molecule has 1 fully saturated rings. The van der Waals surface area contributed by atoms with Gasteiger partial charge in [0.2, 0.25) is 15.9 Å². The predicted molar refractivity (Wildman–Crippen MR) is 131 cm³/mol. The van der Waals surface area contributed by atoms with Crippen LogP contribution in [-0.2, 0) is 30.8 Å². The Labute approximate surface area is 206 Å². The quantitative estimate of drug-likeness (QED) is 0.433. The number of nitrogens with zero attached hydrogens (tertiary/aromatic N) is 1. The van der Waals surface area contributed by atoms with Crippen LogP contribution in [0.5, 0.6) is 0 Å². The molecule has 2 aliphatic heterocycles. The molecule has 0 spiro atoms. The molecular formula is C24H23N3O6S2. The Morgan fingerprint density at radius 1 is 1.09 bits per heavy atom. The van der Waals surface area contributed by atoms with Gasteiger partial charge in [0.05, 0.1) is 11.3 Å². The minimum Gasteiger partial charge on any atom is -0.477 e. The van der Waals surface area contributed by atoms with E-state index in [0.717, 1.165) is 5.56 Å². The second-order valence-corrected chi connectivity index (χ2v) is 10.7. The van der Waals surface area contributed by atoms with Crippen molar-refractivity contribution in [2.24, 2.45) is 0 Å². The Hall–Kier alpha value is -3.41. The van der Waals surface area contributed by atoms with Gasteiger partial charge in [0.25, 0.3) is 5.91 Å². The summed E-state index contributed by atoms with van der Waals surface area (Å²) in [6.07, 6.45) is 3.13. The number of hydrogen-bond acceptors (Lipinski definition) is 6. The highest BCUT2D eigenvalue weighted by Crippen LogP contribution is 2.40. The van der Waals surface area contributed by atoms with E-state index in [1.54, 1.807) is 18.2 Å². The van der Waals surface area contributed by atoms with Crippen molar-refractivity contribution in [1.82, 2.24) is 14.9 Å². The molecule has 2 atom stereocenters. The zero-order chi connectivity index (χ0) is 25.0. The molecule has 35 heavy (non-hydrogen) atoms. The van der Waals surface area contributed by atoms with Crippen LogP contribution in [0, 0.1) is 0 Å². The fourth-order valence-corrected chi connectivity index (χ4v) is 6.14. The normalized spacial score (nSPS) is 19.9. The van der Waals surface area contributed by atoms with E-state index in [2.05, 4.69) is 10.0 Å². The van der Waals surface area contributed by atoms with Crippen molar-refractivity contribution in [2.45, 2.75) is 22.7 Å². The molecule has 2 amide bonds. The van der Waals surface area contributed by atoms with Gasteiger partial charge < -0.3 is 10.4 Å². The van der Waals surface area contributed by atoms with Gasteiger partial charge in [-0.3, -0.25) is 14.5 Å². The molecule has 0 unspecified atom stereocenters. The van der Waals surface area contributed by atoms with Gasteiger partial charge in [0.15, 0.2) is 0 Å². The highest BCUT2D eigenvalue weighted by molar-refractivity contribution is 8.00. The Bertz CT molecular complexity index is 1290. The van der Waals surface area contributed by atoms with Gasteiger partial charge in [0.1, 0.15) is 17.1 Å². The second-order valence-electron chi connectivity index (χ2n) is 7.86. The molecule has 2 aliphatic rings. The van der Waals surface area contributed by atoms with Crippen LogP contribution in [0.2, 0.25) is 0 Å². The number of amides is 2. The van der Waals surface area contributed by atoms with E-state index in [4.69, 9.17) is 0 Å². The third kappa shape index (κ3) is 5.47. The topological polar surface area (TPSA) is 133 Å². The number of hydrogen-bond donors (Lipinski definition) is 3. The third-order valence-electron chi connectivity index (χ3n) is 5.49. The van der Waals surface area contributed by atoms with Crippen molar-refractivity contribution in [3.8, 4) is 0 Å². The van der Waals surface area contributed by atoms with Crippen molar-refractivity contribution < 1.29 is 27.9 Å². The number of nitrogens with one attached hydrogen (secondary N) is 2. The number of aliphatic carboxylic acids is 1. The SMILES string of the molecule is O=C(Cc1ccccc1)N[C@@H]1C(=O)N2C(C(=O)O)=C(/C=C/CNS(=O)(=O)c3ccccc3)CS[C@H]12. The van der Waals surface area contributed by atoms with Gasteiger partial charge in [-0.1, -0.05) is 60.7 Å². The number of sulfonamides is 1. The molecule has 2 heterocycles. The highest BCUT2D eigenvalue weighted by Gasteiger charge is 2.53. The number of fused-ring (bicyclic) bond motifs is 1. The van der Waals surface area contributed by atoms with Gasteiger partial charge in [-0.15, -0.1) is 11.8 Å². The summed E-state index contributed by atoms with van der Waals surface area (Å²) in [4.78, 5) is 38.4. The van der Waals surface area contributed by atoms with Crippen LogP contribution in [0.3, 0.4) is 0 Å². The molecule has 4 rings (SSSR count). The highest BCUT2D eigenvalue weighted by atomic mass is 32.2. The number of carbonyl (C=O) groups excluding carboxylic acids is 2. The lowest BCUT2D eigenvalue weighted by Gasteiger charge is -2.49. The van der Waals surface area contributed by atoms with E-state index >= 15 is 0 Å². The van der Waals surface area contributed by atoms with E-state index in [-0.39, 0.29) is 29.5 Å². The van der Waals surface area contributed by atoms with Gasteiger partial charge >= 0.3 is 5.97 Å². The van der Waals surface area contributed by atoms with E-state index < -0.39 is 33.3 Å². The first kappa shape index (κ1) is 24.7. The number of rotatable bonds is 9. The Balaban J connectivity index is 1.40. The van der Waals surface area contributed by atoms with Crippen molar-refractivity contribution in [3.05, 3.63) is 89.6 Å². The van der Waals surface area contributed by atoms with Crippen molar-refractivity contribution in [3.63, 3.8) is 0 Å². The lowest BCUT2D eigenvalue weighted by molar-refractivity contribution is -0.150. The zero-order valence-corrected chi connectivity index (χ0v) is 20.1. The largest absolute Gasteiger partial charge is 0.477 e. The molecule has 11 heteroatoms. The molecule has 0 bridgehead atoms. The molecule has 0 radical (unpaired) electrons. The average Bonchev–Trinajstić information content (AvgIpc) is 2.85. The summed E-state index contributed by atoms with van der Waals surface area (Å²) in [7, 11) is -3.70. The molecule has 9 nitrogen and oxygen atoms in total. The smallest absolute Gasteiger partial charge is 0.352 e. The number of allylic oxidation sites excluding steroid dienone is 1. The molecule has 1 saturated heterocycles. The van der Waals surface area contributed by atoms with Gasteiger partial charge in [-0.25, -0.2) is 17.9 Å². The number of carboxylic acid groups (broad SMARTS) is 1. The van der Waals surface area contributed by atoms with Gasteiger partial charge in [-0.05, 0) is 23.3 Å². The van der Waals surface area contributed by atoms with Gasteiger partial charge in [-0.2, -0.15) is 0 Å². The lowest BCUT2D eigenvalue weighted by Crippen LogP contribution is -2.70. The summed E-state index contributed by atoms with van der Waals surface area (Å²) < 4.78 is 27.0. The van der Waals surface area contributed by atoms with Crippen LogP contribution in [-0.4, -0.2) is 59.9 Å². The summed E-state index contributed by atoms with van der Waals surface area (Å²) >= 11 is 1.34. The van der Waals surface area contributed by atoms with Crippen LogP contribution in [0.15, 0.2) is 89.0 Å². The predicted octanol–water partition coefficient (Wildman–Crippen LogP) is 1.50. The summed E-state index contributed by atoms with van der Waals surface area (Å²) in [6.45, 7) is -0.0478. The Morgan fingerprint density at radius 3 is 2.40 bits per heavy atom. The molecule has 0 saturated carbocycles. The molecule has 0 aromatic heterocycles. The molecule has 182 valence electrons. The fraction of sp³-hybridized carbons (Fsp3) is 0.208. The number of benzene rings is 2. The summed E-state index contributed by atoms with van der Waals surface area (Å²) in [6, 6.07) is 16.2. The van der Waals surface area contributed by atoms with Crippen LogP contribution in [0.4, 0.5) is 0 Å². The first-order chi connectivity index (χ1) is 16.8. The van der Waals surface area contributed by atoms with Crippen LogP contribution in [0.1, 0.15) is 5.56 Å². The van der Waals surface area contributed by atoms with Gasteiger partial charge in [0, 0.05) is 12.3 Å². The third-order valence-corrected chi connectivity index (χ3v) is 8.23. The van der Waals surface area contributed by atoms with E-state index in [1.165, 1.54) is 40.9 Å². The molecule has 2 aromatic carbocycles. The summed E-state index contributed by atoms with van der Waals surface area (Å²) in [5, 5.41) is 12.0. The van der Waals surface area contributed by atoms with Crippen LogP contribution in [0.25, 0.3) is 0 Å². The number of thioether (sulfide) groups is 1. The standard InChI is InChI=1S/C24H23N3O6S2/c28-19(14-16-8-3-1-4-9-16)26-20-22(29)27-21(24(30)31)17(15-34-23(20)27)10-7-13-25-35(32,33)18-11-5-2-6-12-18/h1-12,20,23,25H,13-15H2,(H,26,28)(H,30,31)/b10-7+/t20-,23-/m1/s1. The molecular weight excluding hydrogens is 490 g/mol. The maximum Gasteiger partial charge on any atom is 0.352 e. The summed E-state index contributed by atoms with van der Waals surface area (Å²) in [5.74, 6) is -1.77. The van der Waals surface area contributed by atoms with Crippen LogP contribution >= 0.6 is 11.8 Å². The number of carbonyl (C=O) groups is 3. The Morgan fingerprint density at radius 2 is 1.74 bits per heavy atom. The van der Waals surface area contributed by atoms with E-state index in [9.17, 15) is 27.9 Å². The van der Waals surface area contributed by atoms with Crippen molar-refractivity contribution in [2.75, 3.05) is 12.3 Å². The lowest BCUT2D eigenvalue weighted by atomic mass is 10.0. The van der Waals surface area contributed by atoms with Crippen molar-refractivity contribution >= 4 is 39.6 Å². The van der Waals surface area contributed by atoms with E-state index in [0.29, 0.717) is 11.3 Å². The first-order valence-corrected chi connectivity index (χ1v) is 13.3. The minimum atomic E-state index is -3.70. The van der Waals surface area contributed by atoms with E-state index in [1.807, 2.05) is 30.3 Å². The first-order valence-electron chi connectivity index (χ1n) is 10.7. The minimum absolute atomic E-state index is 0.0478. The maximum absolute atomic E-state index is 12.7. The van der Waals surface area contributed by atoms with Crippen molar-refractivity contribution in [1.29, 1.82) is 0 Å². The van der Waals surface area contributed by atoms with Crippen LogP contribution < -0.4 is 10.0 Å². The maximum atomic E-state index is 12.7. The fourth-order valence-electron chi connectivity index (χ4n) is 3.82. The zero-order valence-electron chi connectivity index (χ0n) is 18.5. The average molecular weight is 514 g/mol. The molecule has 3 N–H and O–H groups in total. The Kier molecular flexibility index (Phi) is 7.39. The monoisotopic (exact) mass is 513 g/mol. The molecule has 2 aromatic rings.